The fourth-order valence-corrected chi connectivity index (χ4v) is 1.97. The summed E-state index contributed by atoms with van der Waals surface area (Å²) in [6.07, 6.45) is 2.97. The third-order valence-electron chi connectivity index (χ3n) is 2.83. The lowest BCUT2D eigenvalue weighted by molar-refractivity contribution is 0.141. The Morgan fingerprint density at radius 3 is 2.73 bits per heavy atom. The topological polar surface area (TPSA) is 38.3 Å². The van der Waals surface area contributed by atoms with Crippen LogP contribution in [0, 0.1) is 5.82 Å². The summed E-state index contributed by atoms with van der Waals surface area (Å²) in [7, 11) is 0. The fraction of sp³-hybridized carbons (Fsp3) is 0.118. The second kappa shape index (κ2) is 8.34. The maximum absolute atomic E-state index is 13.3. The van der Waals surface area contributed by atoms with Gasteiger partial charge in [-0.15, -0.1) is 0 Å². The molecule has 0 aromatic heterocycles. The van der Waals surface area contributed by atoms with Gasteiger partial charge in [0.2, 0.25) is 0 Å². The van der Waals surface area contributed by atoms with Crippen molar-refractivity contribution in [2.75, 3.05) is 6.54 Å². The van der Waals surface area contributed by atoms with Crippen molar-refractivity contribution in [2.24, 2.45) is 0 Å². The molecule has 2 aromatic carbocycles. The van der Waals surface area contributed by atoms with Crippen molar-refractivity contribution in [3.8, 4) is 0 Å². The van der Waals surface area contributed by atoms with Crippen molar-refractivity contribution < 1.29 is 13.9 Å². The van der Waals surface area contributed by atoms with Crippen molar-refractivity contribution in [1.29, 1.82) is 0 Å². The van der Waals surface area contributed by atoms with Crippen molar-refractivity contribution in [3.63, 3.8) is 0 Å². The molecule has 0 atom stereocenters. The third-order valence-corrected chi connectivity index (χ3v) is 3.47. The highest BCUT2D eigenvalue weighted by molar-refractivity contribution is 9.10. The Kier molecular flexibility index (Phi) is 6.15. The molecule has 0 aliphatic rings. The highest BCUT2D eigenvalue weighted by atomic mass is 79.9. The molecule has 0 saturated carbocycles. The normalized spacial score (nSPS) is 10.6. The first-order valence-corrected chi connectivity index (χ1v) is 7.50. The van der Waals surface area contributed by atoms with E-state index in [4.69, 9.17) is 4.74 Å². The zero-order chi connectivity index (χ0) is 15.8. The van der Waals surface area contributed by atoms with E-state index in [-0.39, 0.29) is 12.4 Å². The SMILES string of the molecule is O=C(NCC=Cc1ccc(Br)c(F)c1)OCc1ccccc1. The zero-order valence-electron chi connectivity index (χ0n) is 11.8. The van der Waals surface area contributed by atoms with E-state index in [1.165, 1.54) is 6.07 Å². The maximum atomic E-state index is 13.3. The molecule has 2 aromatic rings. The first kappa shape index (κ1) is 16.2. The number of alkyl carbamates (subject to hydrolysis) is 1. The molecule has 0 aliphatic carbocycles. The first-order valence-electron chi connectivity index (χ1n) is 6.71. The monoisotopic (exact) mass is 363 g/mol. The number of carbonyl (C=O) groups is 1. The second-order valence-electron chi connectivity index (χ2n) is 4.52. The number of amides is 1. The molecule has 0 spiro atoms. The molecule has 1 N–H and O–H groups in total. The summed E-state index contributed by atoms with van der Waals surface area (Å²) in [4.78, 5) is 11.5. The average Bonchev–Trinajstić information content (AvgIpc) is 2.54. The summed E-state index contributed by atoms with van der Waals surface area (Å²) in [6.45, 7) is 0.541. The van der Waals surface area contributed by atoms with Crippen LogP contribution < -0.4 is 5.32 Å². The Morgan fingerprint density at radius 2 is 2.00 bits per heavy atom. The number of hydrogen-bond donors (Lipinski definition) is 1. The molecular weight excluding hydrogens is 349 g/mol. The van der Waals surface area contributed by atoms with Gasteiger partial charge in [0, 0.05) is 6.54 Å². The lowest BCUT2D eigenvalue weighted by atomic mass is 10.2. The van der Waals surface area contributed by atoms with Crippen LogP contribution in [0.2, 0.25) is 0 Å². The molecule has 3 nitrogen and oxygen atoms in total. The predicted molar refractivity (Wildman–Crippen MR) is 87.8 cm³/mol. The highest BCUT2D eigenvalue weighted by Gasteiger charge is 2.01. The second-order valence-corrected chi connectivity index (χ2v) is 5.37. The van der Waals surface area contributed by atoms with Gasteiger partial charge in [-0.2, -0.15) is 0 Å². The van der Waals surface area contributed by atoms with Gasteiger partial charge < -0.3 is 10.1 Å². The van der Waals surface area contributed by atoms with Gasteiger partial charge in [0.05, 0.1) is 4.47 Å². The molecule has 2 rings (SSSR count). The number of hydrogen-bond acceptors (Lipinski definition) is 2. The van der Waals surface area contributed by atoms with Crippen LogP contribution in [0.4, 0.5) is 9.18 Å². The third kappa shape index (κ3) is 5.33. The van der Waals surface area contributed by atoms with E-state index in [9.17, 15) is 9.18 Å². The quantitative estimate of drug-likeness (QED) is 0.847. The standard InChI is InChI=1S/C17H15BrFNO2/c18-15-9-8-13(11-16(15)19)7-4-10-20-17(21)22-12-14-5-2-1-3-6-14/h1-9,11H,10,12H2,(H,20,21). The van der Waals surface area contributed by atoms with Crippen LogP contribution in [0.5, 0.6) is 0 Å². The molecular formula is C17H15BrFNO2. The number of carbonyl (C=O) groups excluding carboxylic acids is 1. The number of halogens is 2. The van der Waals surface area contributed by atoms with Gasteiger partial charge in [-0.3, -0.25) is 0 Å². The summed E-state index contributed by atoms with van der Waals surface area (Å²) in [5, 5.41) is 2.60. The van der Waals surface area contributed by atoms with Crippen LogP contribution in [0.25, 0.3) is 6.08 Å². The molecule has 0 bridgehead atoms. The van der Waals surface area contributed by atoms with E-state index in [2.05, 4.69) is 21.2 Å². The minimum Gasteiger partial charge on any atom is -0.445 e. The van der Waals surface area contributed by atoms with Gasteiger partial charge >= 0.3 is 6.09 Å². The first-order chi connectivity index (χ1) is 10.6. The molecule has 0 saturated heterocycles. The molecule has 0 radical (unpaired) electrons. The lowest BCUT2D eigenvalue weighted by Crippen LogP contribution is -2.24. The molecule has 22 heavy (non-hydrogen) atoms. The Hall–Kier alpha value is -2.14. The summed E-state index contributed by atoms with van der Waals surface area (Å²) in [5.74, 6) is -0.322. The fourth-order valence-electron chi connectivity index (χ4n) is 1.73. The van der Waals surface area contributed by atoms with E-state index in [0.29, 0.717) is 11.0 Å². The maximum Gasteiger partial charge on any atom is 0.407 e. The Morgan fingerprint density at radius 1 is 1.23 bits per heavy atom. The molecule has 0 unspecified atom stereocenters. The average molecular weight is 364 g/mol. The van der Waals surface area contributed by atoms with E-state index in [1.54, 1.807) is 24.3 Å². The molecule has 0 aliphatic heterocycles. The van der Waals surface area contributed by atoms with Gasteiger partial charge in [-0.05, 0) is 39.2 Å². The summed E-state index contributed by atoms with van der Waals surface area (Å²) in [6, 6.07) is 14.3. The van der Waals surface area contributed by atoms with Crippen LogP contribution in [0.15, 0.2) is 59.1 Å². The Labute approximate surface area is 136 Å². The minimum absolute atomic E-state index is 0.230. The number of rotatable bonds is 5. The zero-order valence-corrected chi connectivity index (χ0v) is 13.3. The summed E-state index contributed by atoms with van der Waals surface area (Å²) >= 11 is 3.09. The van der Waals surface area contributed by atoms with E-state index in [1.807, 2.05) is 30.3 Å². The van der Waals surface area contributed by atoms with Crippen molar-refractivity contribution in [2.45, 2.75) is 6.61 Å². The molecule has 1 amide bonds. The van der Waals surface area contributed by atoms with E-state index >= 15 is 0 Å². The van der Waals surface area contributed by atoms with Gasteiger partial charge in [0.15, 0.2) is 0 Å². The van der Waals surface area contributed by atoms with Crippen LogP contribution in [0.3, 0.4) is 0 Å². The minimum atomic E-state index is -0.490. The largest absolute Gasteiger partial charge is 0.445 e. The molecule has 114 valence electrons. The van der Waals surface area contributed by atoms with Crippen LogP contribution in [0.1, 0.15) is 11.1 Å². The van der Waals surface area contributed by atoms with Crippen molar-refractivity contribution in [1.82, 2.24) is 5.32 Å². The highest BCUT2D eigenvalue weighted by Crippen LogP contribution is 2.16. The number of nitrogens with one attached hydrogen (secondary N) is 1. The van der Waals surface area contributed by atoms with Gasteiger partial charge in [-0.1, -0.05) is 48.6 Å². The van der Waals surface area contributed by atoms with E-state index < -0.39 is 6.09 Å². The molecule has 0 fully saturated rings. The van der Waals surface area contributed by atoms with E-state index in [0.717, 1.165) is 11.1 Å². The van der Waals surface area contributed by atoms with Crippen molar-refractivity contribution in [3.05, 3.63) is 76.0 Å². The van der Waals surface area contributed by atoms with Crippen LogP contribution >= 0.6 is 15.9 Å². The number of ether oxygens (including phenoxy) is 1. The van der Waals surface area contributed by atoms with Gasteiger partial charge in [0.1, 0.15) is 12.4 Å². The smallest absolute Gasteiger partial charge is 0.407 e. The van der Waals surface area contributed by atoms with Crippen molar-refractivity contribution >= 4 is 28.1 Å². The molecule has 5 heteroatoms. The summed E-state index contributed by atoms with van der Waals surface area (Å²) in [5.41, 5.74) is 1.65. The number of benzene rings is 2. The Balaban J connectivity index is 1.72. The lowest BCUT2D eigenvalue weighted by Gasteiger charge is -2.05. The Bertz CT molecular complexity index is 659. The van der Waals surface area contributed by atoms with Crippen LogP contribution in [-0.4, -0.2) is 12.6 Å². The van der Waals surface area contributed by atoms with Crippen LogP contribution in [-0.2, 0) is 11.3 Å². The van der Waals surface area contributed by atoms with Gasteiger partial charge in [0.25, 0.3) is 0 Å². The predicted octanol–water partition coefficient (Wildman–Crippen LogP) is 4.53. The van der Waals surface area contributed by atoms with Gasteiger partial charge in [-0.25, -0.2) is 9.18 Å². The summed E-state index contributed by atoms with van der Waals surface area (Å²) < 4.78 is 18.8. The molecule has 0 heterocycles.